The number of nitrogens with one attached hydrogen (secondary N) is 1. The van der Waals surface area contributed by atoms with E-state index in [-0.39, 0.29) is 0 Å². The normalized spacial score (nSPS) is 38.4. The Bertz CT molecular complexity index is 449. The number of hydrogen-bond acceptors (Lipinski definition) is 1. The van der Waals surface area contributed by atoms with Gasteiger partial charge in [0.2, 0.25) is 0 Å². The van der Waals surface area contributed by atoms with Crippen molar-refractivity contribution >= 4 is 0 Å². The van der Waals surface area contributed by atoms with Gasteiger partial charge >= 0.3 is 0 Å². The van der Waals surface area contributed by atoms with Gasteiger partial charge in [-0.3, -0.25) is 0 Å². The molecule has 4 bridgehead atoms. The Morgan fingerprint density at radius 2 is 1.46 bits per heavy atom. The van der Waals surface area contributed by atoms with Crippen molar-refractivity contribution < 1.29 is 0 Å². The number of rotatable bonds is 0. The second kappa shape index (κ2) is 6.78. The second-order valence-electron chi connectivity index (χ2n) is 11.2. The van der Waals surface area contributed by atoms with Gasteiger partial charge in [0.25, 0.3) is 0 Å². The fraction of sp³-hybridized carbons (Fsp3) is 0.913. The van der Waals surface area contributed by atoms with Gasteiger partial charge < -0.3 is 5.32 Å². The van der Waals surface area contributed by atoms with Crippen LogP contribution in [0.5, 0.6) is 0 Å². The summed E-state index contributed by atoms with van der Waals surface area (Å²) in [5, 5.41) is 3.69. The molecule has 0 aromatic heterocycles. The minimum absolute atomic E-state index is 0.431. The molecule has 4 unspecified atom stereocenters. The molecule has 24 heavy (non-hydrogen) atoms. The SMILES string of the molecule is CC(C)(C)C1=CCC2CCC1C2.CC(C)(C)C1CC2CCC(C1)N2. The molecular weight excluding hydrogens is 290 g/mol. The zero-order valence-electron chi connectivity index (χ0n) is 17.1. The fourth-order valence-electron chi connectivity index (χ4n) is 5.71. The minimum atomic E-state index is 0.431. The minimum Gasteiger partial charge on any atom is -0.311 e. The van der Waals surface area contributed by atoms with Crippen LogP contribution in [0.4, 0.5) is 0 Å². The Labute approximate surface area is 151 Å². The third-order valence-corrected chi connectivity index (χ3v) is 7.22. The van der Waals surface area contributed by atoms with Crippen molar-refractivity contribution in [1.82, 2.24) is 5.32 Å². The van der Waals surface area contributed by atoms with Crippen LogP contribution in [0.3, 0.4) is 0 Å². The van der Waals surface area contributed by atoms with Crippen molar-refractivity contribution in [3.8, 4) is 0 Å². The standard InChI is InChI=1S/C12H20.C11H21N/c1-12(2,3)11-7-5-9-4-6-10(11)8-9;1-11(2,3)8-6-9-4-5-10(7-8)12-9/h7,9-10H,4-6,8H2,1-3H3;8-10,12H,4-7H2,1-3H3. The molecule has 0 aromatic rings. The van der Waals surface area contributed by atoms with E-state index in [1.54, 1.807) is 5.57 Å². The van der Waals surface area contributed by atoms with Crippen LogP contribution in [-0.2, 0) is 0 Å². The highest BCUT2D eigenvalue weighted by Crippen LogP contribution is 2.47. The van der Waals surface area contributed by atoms with Crippen molar-refractivity contribution in [2.45, 2.75) is 105 Å². The molecule has 2 heterocycles. The van der Waals surface area contributed by atoms with Gasteiger partial charge in [-0.15, -0.1) is 0 Å². The molecule has 4 rings (SSSR count). The zero-order chi connectivity index (χ0) is 17.5. The first-order chi connectivity index (χ1) is 11.1. The molecule has 1 nitrogen and oxygen atoms in total. The molecule has 0 aromatic carbocycles. The Balaban J connectivity index is 0.000000141. The van der Waals surface area contributed by atoms with E-state index in [9.17, 15) is 0 Å². The summed E-state index contributed by atoms with van der Waals surface area (Å²) in [4.78, 5) is 0. The molecule has 2 aliphatic carbocycles. The van der Waals surface area contributed by atoms with Crippen LogP contribution in [0.15, 0.2) is 11.6 Å². The fourth-order valence-corrected chi connectivity index (χ4v) is 5.71. The molecule has 2 aliphatic heterocycles. The van der Waals surface area contributed by atoms with E-state index in [1.807, 2.05) is 0 Å². The van der Waals surface area contributed by atoms with E-state index in [0.717, 1.165) is 29.8 Å². The van der Waals surface area contributed by atoms with Gasteiger partial charge in [0.15, 0.2) is 0 Å². The van der Waals surface area contributed by atoms with Gasteiger partial charge in [-0.05, 0) is 80.0 Å². The Morgan fingerprint density at radius 3 is 2.00 bits per heavy atom. The Morgan fingerprint density at radius 1 is 0.833 bits per heavy atom. The van der Waals surface area contributed by atoms with E-state index >= 15 is 0 Å². The smallest absolute Gasteiger partial charge is 0.00730 e. The number of piperidine rings is 1. The molecule has 0 radical (unpaired) electrons. The average Bonchev–Trinajstić information content (AvgIpc) is 3.00. The Hall–Kier alpha value is -0.300. The molecule has 138 valence electrons. The molecule has 4 atom stereocenters. The molecular formula is C23H41N. The van der Waals surface area contributed by atoms with Crippen LogP contribution in [0.1, 0.15) is 92.9 Å². The topological polar surface area (TPSA) is 12.0 Å². The van der Waals surface area contributed by atoms with E-state index in [2.05, 4.69) is 52.9 Å². The summed E-state index contributed by atoms with van der Waals surface area (Å²) < 4.78 is 0. The lowest BCUT2D eigenvalue weighted by Gasteiger charge is -2.37. The third-order valence-electron chi connectivity index (χ3n) is 7.22. The van der Waals surface area contributed by atoms with Crippen LogP contribution < -0.4 is 5.32 Å². The maximum Gasteiger partial charge on any atom is 0.00730 e. The zero-order valence-corrected chi connectivity index (χ0v) is 17.1. The highest BCUT2D eigenvalue weighted by molar-refractivity contribution is 5.20. The predicted octanol–water partition coefficient (Wildman–Crippen LogP) is 6.34. The van der Waals surface area contributed by atoms with Gasteiger partial charge in [-0.2, -0.15) is 0 Å². The lowest BCUT2D eigenvalue weighted by Crippen LogP contribution is -2.41. The second-order valence-corrected chi connectivity index (χ2v) is 11.2. The first-order valence-electron chi connectivity index (χ1n) is 10.6. The summed E-state index contributed by atoms with van der Waals surface area (Å²) in [6.45, 7) is 14.2. The summed E-state index contributed by atoms with van der Waals surface area (Å²) in [5.74, 6) is 2.95. The highest BCUT2D eigenvalue weighted by atomic mass is 15.0. The first-order valence-corrected chi connectivity index (χ1v) is 10.6. The summed E-state index contributed by atoms with van der Waals surface area (Å²) >= 11 is 0. The molecule has 0 amide bonds. The van der Waals surface area contributed by atoms with E-state index in [0.29, 0.717) is 10.8 Å². The lowest BCUT2D eigenvalue weighted by atomic mass is 9.73. The molecule has 1 heteroatoms. The van der Waals surface area contributed by atoms with Crippen molar-refractivity contribution in [3.05, 3.63) is 11.6 Å². The first kappa shape index (κ1) is 18.5. The van der Waals surface area contributed by atoms with E-state index < -0.39 is 0 Å². The molecule has 3 fully saturated rings. The summed E-state index contributed by atoms with van der Waals surface area (Å²) in [7, 11) is 0. The van der Waals surface area contributed by atoms with Gasteiger partial charge in [0.1, 0.15) is 0 Å². The van der Waals surface area contributed by atoms with Gasteiger partial charge in [-0.25, -0.2) is 0 Å². The maximum absolute atomic E-state index is 3.69. The lowest BCUT2D eigenvalue weighted by molar-refractivity contribution is 0.158. The van der Waals surface area contributed by atoms with Gasteiger partial charge in [0.05, 0.1) is 0 Å². The average molecular weight is 332 g/mol. The van der Waals surface area contributed by atoms with Crippen LogP contribution in [-0.4, -0.2) is 12.1 Å². The Kier molecular flexibility index (Phi) is 5.23. The van der Waals surface area contributed by atoms with Crippen LogP contribution >= 0.6 is 0 Å². The van der Waals surface area contributed by atoms with Crippen LogP contribution in [0.25, 0.3) is 0 Å². The van der Waals surface area contributed by atoms with Gasteiger partial charge in [0, 0.05) is 12.1 Å². The summed E-state index contributed by atoms with van der Waals surface area (Å²) in [6.07, 6.45) is 14.0. The molecule has 2 saturated heterocycles. The van der Waals surface area contributed by atoms with Crippen molar-refractivity contribution in [2.24, 2.45) is 28.6 Å². The van der Waals surface area contributed by atoms with Crippen molar-refractivity contribution in [1.29, 1.82) is 0 Å². The molecule has 1 N–H and O–H groups in total. The molecule has 0 spiro atoms. The van der Waals surface area contributed by atoms with Crippen LogP contribution in [0.2, 0.25) is 0 Å². The molecule has 4 aliphatic rings. The monoisotopic (exact) mass is 331 g/mol. The number of hydrogen-bond donors (Lipinski definition) is 1. The number of allylic oxidation sites excluding steroid dienone is 2. The van der Waals surface area contributed by atoms with Crippen molar-refractivity contribution in [3.63, 3.8) is 0 Å². The van der Waals surface area contributed by atoms with Gasteiger partial charge in [-0.1, -0.05) is 53.2 Å². The van der Waals surface area contributed by atoms with Crippen molar-refractivity contribution in [2.75, 3.05) is 0 Å². The third kappa shape index (κ3) is 4.26. The van der Waals surface area contributed by atoms with E-state index in [4.69, 9.17) is 0 Å². The largest absolute Gasteiger partial charge is 0.311 e. The number of fused-ring (bicyclic) bond motifs is 4. The predicted molar refractivity (Wildman–Crippen MR) is 105 cm³/mol. The summed E-state index contributed by atoms with van der Waals surface area (Å²) in [6, 6.07) is 1.71. The molecule has 1 saturated carbocycles. The summed E-state index contributed by atoms with van der Waals surface area (Å²) in [5.41, 5.74) is 2.71. The van der Waals surface area contributed by atoms with Crippen LogP contribution in [0, 0.1) is 28.6 Å². The highest BCUT2D eigenvalue weighted by Gasteiger charge is 2.38. The van der Waals surface area contributed by atoms with E-state index in [1.165, 1.54) is 51.4 Å². The quantitative estimate of drug-likeness (QED) is 0.510. The maximum atomic E-state index is 3.69.